The summed E-state index contributed by atoms with van der Waals surface area (Å²) in [4.78, 5) is 54.3. The first kappa shape index (κ1) is 25.1. The predicted molar refractivity (Wildman–Crippen MR) is 142 cm³/mol. The van der Waals surface area contributed by atoms with E-state index < -0.39 is 30.5 Å². The Balaban J connectivity index is 2.39. The first-order valence-electron chi connectivity index (χ1n) is 11.5. The third-order valence-electron chi connectivity index (χ3n) is 6.11. The second-order valence-corrected chi connectivity index (χ2v) is 11.6. The van der Waals surface area contributed by atoms with Gasteiger partial charge in [-0.3, -0.25) is 19.3 Å². The van der Waals surface area contributed by atoms with E-state index in [0.29, 0.717) is 0 Å². The molecular weight excluding hydrogens is 473 g/mol. The van der Waals surface area contributed by atoms with Gasteiger partial charge in [-0.15, -0.1) is 0 Å². The van der Waals surface area contributed by atoms with Crippen LogP contribution in [0.15, 0.2) is 102 Å². The lowest BCUT2D eigenvalue weighted by molar-refractivity contribution is -0.137. The Hall–Kier alpha value is -4.02. The highest BCUT2D eigenvalue weighted by Gasteiger charge is 2.46. The molecule has 0 bridgehead atoms. The molecule has 0 unspecified atom stereocenters. The third kappa shape index (κ3) is 4.04. The molecule has 1 aliphatic heterocycles. The van der Waals surface area contributed by atoms with Crippen molar-refractivity contribution < 1.29 is 23.9 Å². The van der Waals surface area contributed by atoms with Gasteiger partial charge in [0.05, 0.1) is 23.0 Å². The van der Waals surface area contributed by atoms with Gasteiger partial charge in [0.2, 0.25) is 0 Å². The van der Waals surface area contributed by atoms with Crippen molar-refractivity contribution >= 4 is 51.7 Å². The Morgan fingerprint density at radius 2 is 1.11 bits per heavy atom. The molecule has 1 aliphatic rings. The smallest absolute Gasteiger partial charge is 0.340 e. The van der Waals surface area contributed by atoms with Crippen molar-refractivity contribution in [3.63, 3.8) is 0 Å². The summed E-state index contributed by atoms with van der Waals surface area (Å²) in [5, 5.41) is 2.41. The number of rotatable bonds is 7. The fraction of sp³-hybridized carbons (Fsp3) is 0.138. The van der Waals surface area contributed by atoms with Crippen molar-refractivity contribution in [1.82, 2.24) is 4.90 Å². The Morgan fingerprint density at radius 3 is 1.47 bits per heavy atom. The zero-order valence-corrected chi connectivity index (χ0v) is 21.2. The van der Waals surface area contributed by atoms with E-state index in [1.54, 1.807) is 6.92 Å². The number of carbonyl (C=O) groups excluding carboxylic acids is 4. The number of amides is 2. The van der Waals surface area contributed by atoms with Crippen LogP contribution >= 0.6 is 6.89 Å². The topological polar surface area (TPSA) is 80.8 Å². The summed E-state index contributed by atoms with van der Waals surface area (Å²) >= 11 is 0. The number of hydrogen-bond acceptors (Lipinski definition) is 5. The Bertz CT molecular complexity index is 1320. The summed E-state index contributed by atoms with van der Waals surface area (Å²) in [6.07, 6.45) is 0. The molecule has 1 heterocycles. The largest absolute Gasteiger partial charge is 0.462 e. The van der Waals surface area contributed by atoms with Crippen LogP contribution in [-0.2, 0) is 23.9 Å². The number of hydrogen-bond donors (Lipinski definition) is 0. The van der Waals surface area contributed by atoms with Crippen LogP contribution in [0.25, 0.3) is 0 Å². The van der Waals surface area contributed by atoms with E-state index in [1.807, 2.05) is 91.0 Å². The lowest BCUT2D eigenvalue weighted by Crippen LogP contribution is -2.38. The lowest BCUT2D eigenvalue weighted by Gasteiger charge is -2.32. The highest BCUT2D eigenvalue weighted by molar-refractivity contribution is 7.97. The summed E-state index contributed by atoms with van der Waals surface area (Å²) < 4.78 is 5.56. The molecule has 0 saturated heterocycles. The molecule has 0 aliphatic carbocycles. The van der Waals surface area contributed by atoms with Gasteiger partial charge in [0.1, 0.15) is 0 Å². The quantitative estimate of drug-likeness (QED) is 0.216. The maximum Gasteiger partial charge on any atom is 0.340 e. The van der Waals surface area contributed by atoms with E-state index in [9.17, 15) is 19.2 Å². The van der Waals surface area contributed by atoms with Crippen molar-refractivity contribution in [1.29, 1.82) is 0 Å². The summed E-state index contributed by atoms with van der Waals surface area (Å²) in [6, 6.07) is 28.3. The van der Waals surface area contributed by atoms with Crippen LogP contribution in [0.4, 0.5) is 0 Å². The standard InChI is InChI=1S/C29H26NO5P/c1-4-35-29(34)26(25-24(20(2)31)27(32)30(3)28(25)33)36(21-14-8-5-9-15-21,22-16-10-6-11-17-22)23-18-12-7-13-19-23/h5-19H,4H2,1-3H3. The van der Waals surface area contributed by atoms with Crippen LogP contribution < -0.4 is 15.9 Å². The molecule has 0 fully saturated rings. The molecule has 182 valence electrons. The van der Waals surface area contributed by atoms with Crippen molar-refractivity contribution in [2.45, 2.75) is 13.8 Å². The molecule has 0 radical (unpaired) electrons. The van der Waals surface area contributed by atoms with Crippen molar-refractivity contribution in [3.8, 4) is 0 Å². The zero-order chi connectivity index (χ0) is 25.9. The number of imide groups is 1. The number of nitrogens with zero attached hydrogens (tertiary/aromatic N) is 1. The number of benzene rings is 3. The fourth-order valence-electron chi connectivity index (χ4n) is 4.58. The van der Waals surface area contributed by atoms with Gasteiger partial charge in [0, 0.05) is 7.05 Å². The Kier molecular flexibility index (Phi) is 7.18. The number of esters is 1. The average molecular weight is 500 g/mol. The molecule has 36 heavy (non-hydrogen) atoms. The van der Waals surface area contributed by atoms with E-state index in [-0.39, 0.29) is 23.0 Å². The SMILES string of the molecule is CCOC(=O)C(C1=C(C(C)=O)C(=O)N(C)C1=O)=P(c1ccccc1)(c1ccccc1)c1ccccc1. The number of carbonyl (C=O) groups is 4. The maximum atomic E-state index is 14.0. The number of Topliss-reactive ketones (excluding diaryl/α,β-unsaturated/α-hetero) is 1. The minimum atomic E-state index is -3.13. The van der Waals surface area contributed by atoms with Crippen molar-refractivity contribution in [3.05, 3.63) is 102 Å². The second-order valence-electron chi connectivity index (χ2n) is 8.22. The monoisotopic (exact) mass is 499 g/mol. The molecule has 0 saturated carbocycles. The summed E-state index contributed by atoms with van der Waals surface area (Å²) in [5.74, 6) is -2.73. The van der Waals surface area contributed by atoms with Gasteiger partial charge >= 0.3 is 5.97 Å². The fourth-order valence-corrected chi connectivity index (χ4v) is 8.99. The summed E-state index contributed by atoms with van der Waals surface area (Å²) in [5.41, 5.74) is -0.476. The van der Waals surface area contributed by atoms with Gasteiger partial charge in [0.15, 0.2) is 5.78 Å². The second kappa shape index (κ2) is 10.3. The minimum Gasteiger partial charge on any atom is -0.462 e. The zero-order valence-electron chi connectivity index (χ0n) is 20.3. The van der Waals surface area contributed by atoms with Crippen molar-refractivity contribution in [2.24, 2.45) is 0 Å². The number of ether oxygens (including phenoxy) is 1. The molecule has 0 spiro atoms. The Labute approximate surface area is 210 Å². The molecule has 2 amide bonds. The van der Waals surface area contributed by atoms with E-state index in [0.717, 1.165) is 20.8 Å². The van der Waals surface area contributed by atoms with Crippen LogP contribution in [0, 0.1) is 0 Å². The molecule has 0 N–H and O–H groups in total. The van der Waals surface area contributed by atoms with Gasteiger partial charge in [0.25, 0.3) is 11.8 Å². The normalized spacial score (nSPS) is 13.7. The van der Waals surface area contributed by atoms with E-state index in [4.69, 9.17) is 4.74 Å². The van der Waals surface area contributed by atoms with Crippen LogP contribution in [0.5, 0.6) is 0 Å². The molecule has 3 aromatic rings. The average Bonchev–Trinajstić information content (AvgIpc) is 3.12. The number of likely N-dealkylation sites (N-methyl/N-ethyl adjacent to an activating group) is 1. The van der Waals surface area contributed by atoms with Gasteiger partial charge in [-0.1, -0.05) is 91.0 Å². The lowest BCUT2D eigenvalue weighted by atomic mass is 10.0. The van der Waals surface area contributed by atoms with Crippen molar-refractivity contribution in [2.75, 3.05) is 13.7 Å². The molecule has 6 nitrogen and oxygen atoms in total. The van der Waals surface area contributed by atoms with Crippen LogP contribution in [0.2, 0.25) is 0 Å². The van der Waals surface area contributed by atoms with E-state index in [2.05, 4.69) is 0 Å². The van der Waals surface area contributed by atoms with Crippen LogP contribution in [0.3, 0.4) is 0 Å². The van der Waals surface area contributed by atoms with Gasteiger partial charge in [-0.25, -0.2) is 4.79 Å². The third-order valence-corrected chi connectivity index (χ3v) is 10.4. The molecule has 4 rings (SSSR count). The first-order valence-corrected chi connectivity index (χ1v) is 13.3. The maximum absolute atomic E-state index is 14.0. The highest BCUT2D eigenvalue weighted by atomic mass is 31.2. The van der Waals surface area contributed by atoms with Crippen LogP contribution in [0.1, 0.15) is 13.8 Å². The summed E-state index contributed by atoms with van der Waals surface area (Å²) in [7, 11) is 1.32. The molecular formula is C29H26NO5P. The Morgan fingerprint density at radius 1 is 0.722 bits per heavy atom. The van der Waals surface area contributed by atoms with Gasteiger partial charge in [-0.05, 0) is 36.6 Å². The summed E-state index contributed by atoms with van der Waals surface area (Å²) in [6.45, 7) is -0.167. The van der Waals surface area contributed by atoms with Gasteiger partial charge in [-0.2, -0.15) is 0 Å². The van der Waals surface area contributed by atoms with Gasteiger partial charge < -0.3 is 4.74 Å². The molecule has 7 heteroatoms. The minimum absolute atomic E-state index is 0.0425. The van der Waals surface area contributed by atoms with E-state index >= 15 is 0 Å². The number of ketones is 1. The van der Waals surface area contributed by atoms with E-state index in [1.165, 1.54) is 14.0 Å². The molecule has 3 aromatic carbocycles. The predicted octanol–water partition coefficient (Wildman–Crippen LogP) is 2.60. The highest BCUT2D eigenvalue weighted by Crippen LogP contribution is 2.49. The molecule has 0 aromatic heterocycles. The first-order chi connectivity index (χ1) is 17.4. The molecule has 0 atom stereocenters. The van der Waals surface area contributed by atoms with Crippen LogP contribution in [-0.4, -0.2) is 47.4 Å².